The van der Waals surface area contributed by atoms with Gasteiger partial charge < -0.3 is 15.6 Å². The Morgan fingerprint density at radius 1 is 1.03 bits per heavy atom. The average molecular weight is 429 g/mol. The lowest BCUT2D eigenvalue weighted by atomic mass is 9.97. The van der Waals surface area contributed by atoms with E-state index in [1.807, 2.05) is 54.6 Å². The Morgan fingerprint density at radius 3 is 2.77 bits per heavy atom. The van der Waals surface area contributed by atoms with E-state index < -0.39 is 0 Å². The number of amides is 2. The molecular formula is C24H20N4O2S. The number of rotatable bonds is 4. The summed E-state index contributed by atoms with van der Waals surface area (Å²) in [7, 11) is 0. The minimum absolute atomic E-state index is 0.0289. The van der Waals surface area contributed by atoms with Gasteiger partial charge in [-0.3, -0.25) is 9.59 Å². The smallest absolute Gasteiger partial charge is 0.252 e. The van der Waals surface area contributed by atoms with Crippen molar-refractivity contribution in [3.8, 4) is 0 Å². The lowest BCUT2D eigenvalue weighted by Crippen LogP contribution is -2.29. The van der Waals surface area contributed by atoms with Crippen LogP contribution in [-0.2, 0) is 4.79 Å². The molecule has 1 aromatic heterocycles. The van der Waals surface area contributed by atoms with Crippen molar-refractivity contribution in [3.05, 3.63) is 89.7 Å². The first-order valence-corrected chi connectivity index (χ1v) is 11.0. The van der Waals surface area contributed by atoms with Crippen molar-refractivity contribution in [2.45, 2.75) is 17.4 Å². The van der Waals surface area contributed by atoms with Crippen molar-refractivity contribution in [3.63, 3.8) is 0 Å². The Hall–Kier alpha value is -3.58. The van der Waals surface area contributed by atoms with E-state index in [9.17, 15) is 9.59 Å². The number of H-pyrrole nitrogens is 1. The van der Waals surface area contributed by atoms with Crippen molar-refractivity contribution in [1.82, 2.24) is 15.3 Å². The zero-order valence-corrected chi connectivity index (χ0v) is 17.4. The molecule has 3 aromatic carbocycles. The molecule has 1 aliphatic rings. The number of thioether (sulfide) groups is 1. The fourth-order valence-electron chi connectivity index (χ4n) is 3.71. The number of benzene rings is 3. The van der Waals surface area contributed by atoms with Gasteiger partial charge in [-0.15, -0.1) is 11.8 Å². The summed E-state index contributed by atoms with van der Waals surface area (Å²) < 4.78 is 0. The van der Waals surface area contributed by atoms with Gasteiger partial charge in [-0.25, -0.2) is 4.98 Å². The van der Waals surface area contributed by atoms with Crippen molar-refractivity contribution < 1.29 is 9.59 Å². The molecule has 1 atom stereocenters. The maximum absolute atomic E-state index is 13.2. The third-order valence-corrected chi connectivity index (χ3v) is 6.36. The molecule has 31 heavy (non-hydrogen) atoms. The minimum atomic E-state index is -0.329. The molecule has 0 radical (unpaired) electrons. The van der Waals surface area contributed by atoms with Gasteiger partial charge in [0, 0.05) is 22.6 Å². The van der Waals surface area contributed by atoms with Crippen molar-refractivity contribution in [2.24, 2.45) is 0 Å². The van der Waals surface area contributed by atoms with E-state index in [4.69, 9.17) is 0 Å². The van der Waals surface area contributed by atoms with Crippen molar-refractivity contribution >= 4 is 40.3 Å². The summed E-state index contributed by atoms with van der Waals surface area (Å²) in [6, 6.07) is 20.9. The van der Waals surface area contributed by atoms with Crippen molar-refractivity contribution in [1.29, 1.82) is 0 Å². The largest absolute Gasteiger partial charge is 0.345 e. The Balaban J connectivity index is 1.48. The highest BCUT2D eigenvalue weighted by atomic mass is 32.2. The number of carbonyl (C=O) groups excluding carboxylic acids is 2. The van der Waals surface area contributed by atoms with E-state index in [1.165, 1.54) is 0 Å². The van der Waals surface area contributed by atoms with E-state index >= 15 is 0 Å². The summed E-state index contributed by atoms with van der Waals surface area (Å²) >= 11 is 1.62. The molecule has 1 aliphatic heterocycles. The van der Waals surface area contributed by atoms with Crippen LogP contribution in [0.2, 0.25) is 0 Å². The Bertz CT molecular complexity index is 1270. The molecule has 0 aliphatic carbocycles. The Morgan fingerprint density at radius 2 is 1.90 bits per heavy atom. The first-order valence-electron chi connectivity index (χ1n) is 10.0. The highest BCUT2D eigenvalue weighted by Crippen LogP contribution is 2.32. The fraction of sp³-hybridized carbons (Fsp3) is 0.125. The van der Waals surface area contributed by atoms with E-state index in [-0.39, 0.29) is 17.9 Å². The van der Waals surface area contributed by atoms with Crippen LogP contribution in [0.5, 0.6) is 0 Å². The summed E-state index contributed by atoms with van der Waals surface area (Å²) in [5.74, 6) is 0.500. The van der Waals surface area contributed by atoms with Gasteiger partial charge in [0.25, 0.3) is 5.91 Å². The van der Waals surface area contributed by atoms with E-state index in [0.29, 0.717) is 17.7 Å². The van der Waals surface area contributed by atoms with Crippen LogP contribution in [0.3, 0.4) is 0 Å². The number of anilines is 1. The van der Waals surface area contributed by atoms with Crippen LogP contribution in [0.4, 0.5) is 5.69 Å². The number of imidazole rings is 1. The van der Waals surface area contributed by atoms with Crippen LogP contribution < -0.4 is 10.6 Å². The first-order chi connectivity index (χ1) is 15.2. The molecule has 0 fully saturated rings. The summed E-state index contributed by atoms with van der Waals surface area (Å²) in [6.07, 6.45) is 2.12. The zero-order chi connectivity index (χ0) is 21.2. The van der Waals surface area contributed by atoms with E-state index in [2.05, 4.69) is 20.6 Å². The fourth-order valence-corrected chi connectivity index (χ4v) is 4.65. The summed E-state index contributed by atoms with van der Waals surface area (Å²) in [6.45, 7) is 0. The molecular weight excluding hydrogens is 408 g/mol. The SMILES string of the molecule is O=C1CCSc2ccc(C(=O)N[C@@H](c3ccccc3)c3ccc4nc[nH]c4c3)cc2N1. The van der Waals surface area contributed by atoms with Gasteiger partial charge in [-0.05, 0) is 41.5 Å². The lowest BCUT2D eigenvalue weighted by Gasteiger charge is -2.20. The molecule has 0 saturated carbocycles. The summed E-state index contributed by atoms with van der Waals surface area (Å²) in [5, 5.41) is 6.06. The average Bonchev–Trinajstić information content (AvgIpc) is 3.18. The third kappa shape index (κ3) is 4.04. The molecule has 2 amide bonds. The minimum Gasteiger partial charge on any atom is -0.345 e. The Kier molecular flexibility index (Phi) is 5.18. The molecule has 5 rings (SSSR count). The first kappa shape index (κ1) is 19.4. The van der Waals surface area contributed by atoms with Gasteiger partial charge in [0.05, 0.1) is 29.1 Å². The second kappa shape index (κ2) is 8.28. The topological polar surface area (TPSA) is 86.9 Å². The summed E-state index contributed by atoms with van der Waals surface area (Å²) in [5.41, 5.74) is 4.92. The van der Waals surface area contributed by atoms with Gasteiger partial charge >= 0.3 is 0 Å². The van der Waals surface area contributed by atoms with E-state index in [1.54, 1.807) is 30.2 Å². The molecule has 0 spiro atoms. The van der Waals surface area contributed by atoms with E-state index in [0.717, 1.165) is 32.8 Å². The molecule has 2 heterocycles. The number of hydrogen-bond acceptors (Lipinski definition) is 4. The van der Waals surface area contributed by atoms with Crippen LogP contribution in [-0.4, -0.2) is 27.5 Å². The van der Waals surface area contributed by atoms with Gasteiger partial charge in [-0.1, -0.05) is 36.4 Å². The predicted molar refractivity (Wildman–Crippen MR) is 122 cm³/mol. The molecule has 0 unspecified atom stereocenters. The van der Waals surface area contributed by atoms with Gasteiger partial charge in [0.15, 0.2) is 0 Å². The number of nitrogens with zero attached hydrogens (tertiary/aromatic N) is 1. The second-order valence-electron chi connectivity index (χ2n) is 7.35. The number of carbonyl (C=O) groups is 2. The number of fused-ring (bicyclic) bond motifs is 2. The quantitative estimate of drug-likeness (QED) is 0.446. The predicted octanol–water partition coefficient (Wildman–Crippen LogP) is 4.52. The van der Waals surface area contributed by atoms with Crippen LogP contribution in [0.1, 0.15) is 33.9 Å². The lowest BCUT2D eigenvalue weighted by molar-refractivity contribution is -0.115. The number of hydrogen-bond donors (Lipinski definition) is 3. The molecule has 0 saturated heterocycles. The molecule has 4 aromatic rings. The highest BCUT2D eigenvalue weighted by Gasteiger charge is 2.20. The molecule has 7 heteroatoms. The van der Waals surface area contributed by atoms with Gasteiger partial charge in [-0.2, -0.15) is 0 Å². The monoisotopic (exact) mass is 428 g/mol. The zero-order valence-electron chi connectivity index (χ0n) is 16.6. The molecule has 0 bridgehead atoms. The maximum atomic E-state index is 13.2. The standard InChI is InChI=1S/C24H20N4O2S/c29-22-10-11-31-21-9-7-17(13-20(21)27-22)24(30)28-23(15-4-2-1-3-5-15)16-6-8-18-19(12-16)26-14-25-18/h1-9,12-14,23H,10-11H2,(H,25,26)(H,27,29)(H,28,30)/t23-/m0/s1. The van der Waals surface area contributed by atoms with Gasteiger partial charge in [0.1, 0.15) is 0 Å². The van der Waals surface area contributed by atoms with Crippen LogP contribution in [0, 0.1) is 0 Å². The summed E-state index contributed by atoms with van der Waals surface area (Å²) in [4.78, 5) is 33.5. The second-order valence-corrected chi connectivity index (χ2v) is 8.49. The third-order valence-electron chi connectivity index (χ3n) is 5.29. The number of nitrogens with one attached hydrogen (secondary N) is 3. The molecule has 154 valence electrons. The van der Waals surface area contributed by atoms with Gasteiger partial charge in [0.2, 0.25) is 5.91 Å². The number of aromatic nitrogens is 2. The highest BCUT2D eigenvalue weighted by molar-refractivity contribution is 7.99. The molecule has 3 N–H and O–H groups in total. The van der Waals surface area contributed by atoms with Crippen LogP contribution in [0.15, 0.2) is 78.0 Å². The number of aromatic amines is 1. The maximum Gasteiger partial charge on any atom is 0.252 e. The Labute approximate surface area is 183 Å². The van der Waals surface area contributed by atoms with Crippen LogP contribution in [0.25, 0.3) is 11.0 Å². The van der Waals surface area contributed by atoms with Crippen LogP contribution >= 0.6 is 11.8 Å². The normalized spacial score (nSPS) is 14.4. The van der Waals surface area contributed by atoms with Crippen molar-refractivity contribution in [2.75, 3.05) is 11.1 Å². The molecule has 6 nitrogen and oxygen atoms in total.